The lowest BCUT2D eigenvalue weighted by molar-refractivity contribution is -0.151. The number of aliphatic carboxylic acids is 1. The number of hydrogen-bond acceptors (Lipinski definition) is 5. The fraction of sp³-hybridized carbons (Fsp3) is 0.261. The molecule has 2 atom stereocenters. The van der Waals surface area contributed by atoms with Crippen LogP contribution in [-0.2, 0) is 11.2 Å². The van der Waals surface area contributed by atoms with E-state index in [1.54, 1.807) is 24.3 Å². The summed E-state index contributed by atoms with van der Waals surface area (Å²) < 4.78 is 18.7. The molecule has 1 heterocycles. The summed E-state index contributed by atoms with van der Waals surface area (Å²) in [6.07, 6.45) is 1.10. The Kier molecular flexibility index (Phi) is 7.35. The van der Waals surface area contributed by atoms with Gasteiger partial charge in [0.25, 0.3) is 5.91 Å². The monoisotopic (exact) mass is 476 g/mol. The lowest BCUT2D eigenvalue weighted by atomic mass is 9.82. The Hall–Kier alpha value is -3.43. The molecule has 0 bridgehead atoms. The van der Waals surface area contributed by atoms with E-state index in [1.807, 2.05) is 0 Å². The summed E-state index contributed by atoms with van der Waals surface area (Å²) in [5.74, 6) is -3.10. The van der Waals surface area contributed by atoms with Crippen molar-refractivity contribution < 1.29 is 28.6 Å². The molecule has 174 valence electrons. The van der Waals surface area contributed by atoms with Crippen LogP contribution in [0.3, 0.4) is 0 Å². The van der Waals surface area contributed by atoms with Crippen molar-refractivity contribution in [3.63, 3.8) is 0 Å². The second-order valence-electron chi connectivity index (χ2n) is 7.99. The van der Waals surface area contributed by atoms with E-state index in [0.29, 0.717) is 16.1 Å². The summed E-state index contributed by atoms with van der Waals surface area (Å²) in [4.78, 5) is 37.6. The molecule has 2 aromatic carbocycles. The van der Waals surface area contributed by atoms with Crippen LogP contribution in [0.2, 0.25) is 5.02 Å². The molecule has 33 heavy (non-hydrogen) atoms. The van der Waals surface area contributed by atoms with E-state index in [-0.39, 0.29) is 18.5 Å². The third kappa shape index (κ3) is 5.88. The van der Waals surface area contributed by atoms with Crippen LogP contribution in [0.5, 0.6) is 0 Å². The molecule has 0 aliphatic rings. The van der Waals surface area contributed by atoms with Crippen molar-refractivity contribution in [2.45, 2.75) is 25.8 Å². The van der Waals surface area contributed by atoms with Crippen molar-refractivity contribution in [3.8, 4) is 11.1 Å². The van der Waals surface area contributed by atoms with E-state index in [9.17, 15) is 29.0 Å². The van der Waals surface area contributed by atoms with Crippen LogP contribution in [0.25, 0.3) is 11.1 Å². The Bertz CT molecular complexity index is 1210. The summed E-state index contributed by atoms with van der Waals surface area (Å²) in [5.41, 5.74) is 0.0456. The molecule has 0 saturated carbocycles. The molecule has 8 nitrogen and oxygen atoms in total. The zero-order chi connectivity index (χ0) is 24.2. The highest BCUT2D eigenvalue weighted by molar-refractivity contribution is 6.30. The molecule has 0 aliphatic carbocycles. The minimum absolute atomic E-state index is 0.0860. The highest BCUT2D eigenvalue weighted by Crippen LogP contribution is 2.28. The molecule has 0 radical (unpaired) electrons. The van der Waals surface area contributed by atoms with Crippen LogP contribution < -0.4 is 11.1 Å². The van der Waals surface area contributed by atoms with Gasteiger partial charge in [-0.1, -0.05) is 35.9 Å². The highest BCUT2D eigenvalue weighted by atomic mass is 35.5. The van der Waals surface area contributed by atoms with E-state index >= 15 is 0 Å². The number of aromatic nitrogens is 1. The van der Waals surface area contributed by atoms with Gasteiger partial charge in [-0.3, -0.25) is 14.6 Å². The van der Waals surface area contributed by atoms with Gasteiger partial charge in [-0.25, -0.2) is 9.18 Å². The maximum Gasteiger partial charge on any atom is 0.416 e. The summed E-state index contributed by atoms with van der Waals surface area (Å²) in [5, 5.41) is 22.2. The minimum Gasteiger partial charge on any atom is -0.481 e. The van der Waals surface area contributed by atoms with Gasteiger partial charge in [-0.2, -0.15) is 0 Å². The van der Waals surface area contributed by atoms with Crippen LogP contribution in [-0.4, -0.2) is 39.7 Å². The molecule has 0 aliphatic heterocycles. The van der Waals surface area contributed by atoms with Crippen molar-refractivity contribution in [3.05, 3.63) is 81.4 Å². The Morgan fingerprint density at radius 3 is 2.52 bits per heavy atom. The molecule has 4 N–H and O–H groups in total. The van der Waals surface area contributed by atoms with Crippen LogP contribution in [0.15, 0.2) is 57.9 Å². The second kappa shape index (κ2) is 10.0. The first-order chi connectivity index (χ1) is 15.6. The number of carboxylic acids is 1. The topological polar surface area (TPSA) is 133 Å². The molecule has 0 fully saturated rings. The van der Waals surface area contributed by atoms with Gasteiger partial charge in [0, 0.05) is 16.6 Å². The maximum absolute atomic E-state index is 14.2. The number of halogens is 2. The van der Waals surface area contributed by atoms with Crippen molar-refractivity contribution in [2.24, 2.45) is 5.41 Å². The normalized spacial score (nSPS) is 13.8. The van der Waals surface area contributed by atoms with E-state index in [2.05, 4.69) is 14.7 Å². The van der Waals surface area contributed by atoms with Gasteiger partial charge >= 0.3 is 11.7 Å². The summed E-state index contributed by atoms with van der Waals surface area (Å²) in [6, 6.07) is 10.4. The third-order valence-corrected chi connectivity index (χ3v) is 5.57. The summed E-state index contributed by atoms with van der Waals surface area (Å²) in [6.45, 7) is 0.740. The van der Waals surface area contributed by atoms with Crippen molar-refractivity contribution in [1.29, 1.82) is 0 Å². The van der Waals surface area contributed by atoms with Crippen LogP contribution in [0, 0.1) is 11.2 Å². The second-order valence-corrected chi connectivity index (χ2v) is 8.42. The number of oxazole rings is 1. The largest absolute Gasteiger partial charge is 0.481 e. The van der Waals surface area contributed by atoms with E-state index in [1.165, 1.54) is 25.1 Å². The Morgan fingerprint density at radius 2 is 1.94 bits per heavy atom. The molecule has 0 saturated heterocycles. The molecule has 0 spiro atoms. The van der Waals surface area contributed by atoms with Gasteiger partial charge in [-0.05, 0) is 49.1 Å². The number of aliphatic hydroxyl groups is 1. The summed E-state index contributed by atoms with van der Waals surface area (Å²) >= 11 is 5.96. The van der Waals surface area contributed by atoms with Crippen molar-refractivity contribution in [1.82, 2.24) is 10.3 Å². The number of benzene rings is 2. The van der Waals surface area contributed by atoms with Gasteiger partial charge in [0.2, 0.25) is 0 Å². The zero-order valence-corrected chi connectivity index (χ0v) is 18.4. The number of amides is 1. The van der Waals surface area contributed by atoms with E-state index in [0.717, 1.165) is 11.8 Å². The first-order valence-corrected chi connectivity index (χ1v) is 10.4. The predicted molar refractivity (Wildman–Crippen MR) is 119 cm³/mol. The number of aliphatic hydroxyl groups excluding tert-OH is 1. The van der Waals surface area contributed by atoms with Crippen LogP contribution >= 0.6 is 11.6 Å². The van der Waals surface area contributed by atoms with Gasteiger partial charge in [0.05, 0.1) is 12.0 Å². The van der Waals surface area contributed by atoms with E-state index < -0.39 is 41.5 Å². The number of H-pyrrole nitrogens is 1. The van der Waals surface area contributed by atoms with Crippen molar-refractivity contribution in [2.75, 3.05) is 6.61 Å². The molecule has 3 rings (SSSR count). The lowest BCUT2D eigenvalue weighted by Crippen LogP contribution is -2.44. The van der Waals surface area contributed by atoms with E-state index in [4.69, 9.17) is 11.6 Å². The van der Waals surface area contributed by atoms with Gasteiger partial charge in [0.1, 0.15) is 17.8 Å². The Morgan fingerprint density at radius 1 is 1.24 bits per heavy atom. The fourth-order valence-corrected chi connectivity index (χ4v) is 3.59. The van der Waals surface area contributed by atoms with Crippen molar-refractivity contribution >= 4 is 23.5 Å². The molecule has 3 aromatic rings. The number of nitrogens with one attached hydrogen (secondary N) is 2. The number of aromatic amines is 1. The smallest absolute Gasteiger partial charge is 0.416 e. The number of carboxylic acid groups (broad SMARTS) is 1. The number of rotatable bonds is 9. The predicted octanol–water partition coefficient (Wildman–Crippen LogP) is 3.24. The molecule has 1 amide bonds. The molecular formula is C23H22ClFN2O6. The SMILES string of the molecule is CC(CO)(C[C@@H](Cc1ccc(-c2cc(Cl)ccc2F)cc1)NC(=O)c1coc(=O)[nH]1)C(=O)O. The zero-order valence-electron chi connectivity index (χ0n) is 17.6. The molecular weight excluding hydrogens is 455 g/mol. The Balaban J connectivity index is 1.84. The molecule has 1 aromatic heterocycles. The lowest BCUT2D eigenvalue weighted by Gasteiger charge is -2.28. The fourth-order valence-electron chi connectivity index (χ4n) is 3.42. The number of carbonyl (C=O) groups is 2. The first-order valence-electron chi connectivity index (χ1n) is 9.98. The highest BCUT2D eigenvalue weighted by Gasteiger charge is 2.36. The minimum atomic E-state index is -1.51. The van der Waals surface area contributed by atoms with Gasteiger partial charge in [0.15, 0.2) is 0 Å². The average molecular weight is 477 g/mol. The molecule has 1 unspecified atom stereocenters. The summed E-state index contributed by atoms with van der Waals surface area (Å²) in [7, 11) is 0. The first kappa shape index (κ1) is 24.2. The van der Waals surface area contributed by atoms with Crippen LogP contribution in [0.4, 0.5) is 4.39 Å². The Labute approximate surface area is 193 Å². The van der Waals surface area contributed by atoms with Crippen LogP contribution in [0.1, 0.15) is 29.4 Å². The molecule has 10 heteroatoms. The van der Waals surface area contributed by atoms with Gasteiger partial charge in [-0.15, -0.1) is 0 Å². The quantitative estimate of drug-likeness (QED) is 0.375. The number of carbonyl (C=O) groups excluding carboxylic acids is 1. The third-order valence-electron chi connectivity index (χ3n) is 5.34. The average Bonchev–Trinajstić information content (AvgIpc) is 3.22. The standard InChI is InChI=1S/C23H22ClFN2O6/c1-23(12-28,21(30)31)10-16(26-20(29)19-11-33-22(32)27-19)8-13-2-4-14(5-3-13)17-9-15(24)6-7-18(17)25/h2-7,9,11,16,28H,8,10,12H2,1H3,(H,26,29)(H,27,32)(H,30,31)/t16-,23?/m1/s1. The number of hydrogen-bond donors (Lipinski definition) is 4. The maximum atomic E-state index is 14.2. The van der Waals surface area contributed by atoms with Gasteiger partial charge < -0.3 is 19.9 Å².